The molecular weight excluding hydrogens is 633 g/mol. The minimum atomic E-state index is -0.317. The van der Waals surface area contributed by atoms with Crippen LogP contribution in [-0.4, -0.2) is 57.3 Å². The van der Waals surface area contributed by atoms with E-state index in [9.17, 15) is 4.79 Å². The fourth-order valence-corrected chi connectivity index (χ4v) is 8.41. The zero-order valence-electron chi connectivity index (χ0n) is 30.7. The number of aryl methyl sites for hydroxylation is 2. The second kappa shape index (κ2) is 17.1. The van der Waals surface area contributed by atoms with E-state index in [1.807, 2.05) is 24.3 Å². The molecule has 1 saturated heterocycles. The average Bonchev–Trinajstić information content (AvgIpc) is 3.19. The molecule has 0 radical (unpaired) electrons. The van der Waals surface area contributed by atoms with Crippen molar-refractivity contribution in [1.29, 1.82) is 0 Å². The molecule has 2 aliphatic rings. The fraction of sp³-hybridized carbons (Fsp3) is 0.400. The number of hydrogen-bond acceptors (Lipinski definition) is 5. The van der Waals surface area contributed by atoms with Crippen LogP contribution < -0.4 is 19.5 Å². The predicted molar refractivity (Wildman–Crippen MR) is 206 cm³/mol. The molecule has 1 N–H and O–H groups in total. The molecule has 1 aliphatic carbocycles. The molecule has 51 heavy (non-hydrogen) atoms. The molecule has 1 unspecified atom stereocenters. The predicted octanol–water partition coefficient (Wildman–Crippen LogP) is 8.50. The number of carbonyl (C=O) groups is 1. The van der Waals surface area contributed by atoms with Gasteiger partial charge >= 0.3 is 0 Å². The first kappa shape index (κ1) is 36.2. The highest BCUT2D eigenvalue weighted by Gasteiger charge is 2.41. The van der Waals surface area contributed by atoms with Crippen molar-refractivity contribution in [2.75, 3.05) is 41.0 Å². The smallest absolute Gasteiger partial charge is 0.220 e. The molecule has 1 atom stereocenters. The number of amides is 1. The van der Waals surface area contributed by atoms with Crippen LogP contribution in [0.5, 0.6) is 17.2 Å². The van der Waals surface area contributed by atoms with Crippen molar-refractivity contribution in [2.24, 2.45) is 0 Å². The van der Waals surface area contributed by atoms with E-state index >= 15 is 0 Å². The van der Waals surface area contributed by atoms with E-state index in [2.05, 4.69) is 95.2 Å². The van der Waals surface area contributed by atoms with Crippen molar-refractivity contribution < 1.29 is 19.0 Å². The van der Waals surface area contributed by atoms with Crippen LogP contribution in [0.2, 0.25) is 0 Å². The minimum Gasteiger partial charge on any atom is -0.497 e. The summed E-state index contributed by atoms with van der Waals surface area (Å²) in [5.74, 6) is 2.56. The highest BCUT2D eigenvalue weighted by Crippen LogP contribution is 2.44. The summed E-state index contributed by atoms with van der Waals surface area (Å²) in [6.45, 7) is 2.66. The number of likely N-dealkylation sites (tertiary alicyclic amines) is 1. The number of fused-ring (bicyclic) bond motifs is 1. The summed E-state index contributed by atoms with van der Waals surface area (Å²) in [4.78, 5) is 15.6. The standard InChI is InChI=1S/C45H54N2O4/c1-49-40-21-18-35(19-22-40)20-23-43(48)46-29-12-26-45(38-14-6-4-7-15-38,39-16-8-5-9-17-39)27-13-31-47-30-11-10-25-44(47)28-24-36-32-41(50-2)42(51-3)33-37(36)34-44/h4-9,13-19,21-22,27,32-33H,10-12,20,23-26,28-31,34H2,1-3H3,(H,46,48). The van der Waals surface area contributed by atoms with E-state index in [1.165, 1.54) is 41.5 Å². The van der Waals surface area contributed by atoms with Crippen molar-refractivity contribution in [3.8, 4) is 17.2 Å². The number of piperidine rings is 1. The van der Waals surface area contributed by atoms with E-state index in [4.69, 9.17) is 14.2 Å². The van der Waals surface area contributed by atoms with Crippen LogP contribution >= 0.6 is 0 Å². The Balaban J connectivity index is 1.18. The number of rotatable bonds is 15. The monoisotopic (exact) mass is 686 g/mol. The number of benzene rings is 4. The number of carbonyl (C=O) groups excluding carboxylic acids is 1. The molecule has 6 heteroatoms. The first-order valence-corrected chi connectivity index (χ1v) is 18.7. The Kier molecular flexibility index (Phi) is 12.2. The zero-order chi connectivity index (χ0) is 35.5. The van der Waals surface area contributed by atoms with E-state index in [1.54, 1.807) is 21.3 Å². The number of allylic oxidation sites excluding steroid dienone is 1. The maximum Gasteiger partial charge on any atom is 0.220 e. The second-order valence-electron chi connectivity index (χ2n) is 14.2. The third kappa shape index (κ3) is 8.50. The van der Waals surface area contributed by atoms with Gasteiger partial charge in [-0.3, -0.25) is 9.69 Å². The Bertz CT molecular complexity index is 1700. The van der Waals surface area contributed by atoms with Gasteiger partial charge < -0.3 is 19.5 Å². The van der Waals surface area contributed by atoms with Gasteiger partial charge in [0.15, 0.2) is 11.5 Å². The molecule has 268 valence electrons. The Hall–Kier alpha value is -4.55. The normalized spacial score (nSPS) is 17.6. The number of methoxy groups -OCH3 is 3. The summed E-state index contributed by atoms with van der Waals surface area (Å²) in [7, 11) is 5.11. The number of nitrogens with zero attached hydrogens (tertiary/aromatic N) is 1. The van der Waals surface area contributed by atoms with Gasteiger partial charge in [-0.15, -0.1) is 0 Å². The summed E-state index contributed by atoms with van der Waals surface area (Å²) in [6, 6.07) is 34.1. The van der Waals surface area contributed by atoms with Crippen LogP contribution in [0.25, 0.3) is 0 Å². The fourth-order valence-electron chi connectivity index (χ4n) is 8.41. The lowest BCUT2D eigenvalue weighted by Gasteiger charge is -2.50. The molecule has 6 rings (SSSR count). The van der Waals surface area contributed by atoms with Crippen LogP contribution in [0.4, 0.5) is 0 Å². The second-order valence-corrected chi connectivity index (χ2v) is 14.2. The van der Waals surface area contributed by atoms with Crippen molar-refractivity contribution in [2.45, 2.75) is 75.2 Å². The topological polar surface area (TPSA) is 60.0 Å². The molecule has 1 spiro atoms. The van der Waals surface area contributed by atoms with E-state index < -0.39 is 0 Å². The van der Waals surface area contributed by atoms with E-state index in [0.717, 1.165) is 68.0 Å². The summed E-state index contributed by atoms with van der Waals surface area (Å²) in [5.41, 5.74) is 6.30. The number of nitrogens with one attached hydrogen (secondary N) is 1. The van der Waals surface area contributed by atoms with Gasteiger partial charge in [-0.2, -0.15) is 0 Å². The van der Waals surface area contributed by atoms with Gasteiger partial charge in [0.25, 0.3) is 0 Å². The van der Waals surface area contributed by atoms with Gasteiger partial charge in [0.2, 0.25) is 5.91 Å². The summed E-state index contributed by atoms with van der Waals surface area (Å²) >= 11 is 0. The molecule has 0 saturated carbocycles. The van der Waals surface area contributed by atoms with E-state index in [-0.39, 0.29) is 16.9 Å². The quantitative estimate of drug-likeness (QED) is 0.100. The SMILES string of the molecule is COc1ccc(CCC(=O)NCCCC(C=CCN2CCCCC23CCc2cc(OC)c(OC)cc2C3)(c2ccccc2)c2ccccc2)cc1. The summed E-state index contributed by atoms with van der Waals surface area (Å²) in [6.07, 6.45) is 14.8. The van der Waals surface area contributed by atoms with Crippen LogP contribution in [-0.2, 0) is 29.5 Å². The van der Waals surface area contributed by atoms with Crippen molar-refractivity contribution in [1.82, 2.24) is 10.2 Å². The maximum atomic E-state index is 12.9. The van der Waals surface area contributed by atoms with Gasteiger partial charge in [-0.25, -0.2) is 0 Å². The first-order chi connectivity index (χ1) is 25.0. The van der Waals surface area contributed by atoms with Crippen molar-refractivity contribution in [3.63, 3.8) is 0 Å². The van der Waals surface area contributed by atoms with Crippen LogP contribution in [0.15, 0.2) is 109 Å². The third-order valence-electron chi connectivity index (χ3n) is 11.3. The molecule has 6 nitrogen and oxygen atoms in total. The van der Waals surface area contributed by atoms with Crippen LogP contribution in [0, 0.1) is 0 Å². The molecule has 4 aromatic rings. The van der Waals surface area contributed by atoms with Crippen LogP contribution in [0.1, 0.15) is 72.8 Å². The number of ether oxygens (including phenoxy) is 3. The molecule has 1 heterocycles. The molecule has 0 aromatic heterocycles. The molecule has 4 aromatic carbocycles. The average molecular weight is 687 g/mol. The molecule has 1 fully saturated rings. The highest BCUT2D eigenvalue weighted by molar-refractivity contribution is 5.76. The van der Waals surface area contributed by atoms with Gasteiger partial charge in [-0.05, 0) is 110 Å². The van der Waals surface area contributed by atoms with Gasteiger partial charge in [0.1, 0.15) is 5.75 Å². The highest BCUT2D eigenvalue weighted by atomic mass is 16.5. The van der Waals surface area contributed by atoms with Crippen molar-refractivity contribution >= 4 is 5.91 Å². The molecule has 1 aliphatic heterocycles. The lowest BCUT2D eigenvalue weighted by atomic mass is 9.70. The molecular formula is C45H54N2O4. The molecule has 0 bridgehead atoms. The van der Waals surface area contributed by atoms with Gasteiger partial charge in [0.05, 0.1) is 21.3 Å². The van der Waals surface area contributed by atoms with Crippen molar-refractivity contribution in [3.05, 3.63) is 137 Å². The Morgan fingerprint density at radius 1 is 0.824 bits per heavy atom. The Labute approximate surface area is 304 Å². The largest absolute Gasteiger partial charge is 0.497 e. The van der Waals surface area contributed by atoms with Gasteiger partial charge in [0, 0.05) is 30.5 Å². The first-order valence-electron chi connectivity index (χ1n) is 18.7. The summed E-state index contributed by atoms with van der Waals surface area (Å²) < 4.78 is 16.6. The number of hydrogen-bond donors (Lipinski definition) is 1. The summed E-state index contributed by atoms with van der Waals surface area (Å²) in [5, 5.41) is 3.21. The Morgan fingerprint density at radius 3 is 2.14 bits per heavy atom. The third-order valence-corrected chi connectivity index (χ3v) is 11.3. The molecule has 1 amide bonds. The maximum absolute atomic E-state index is 12.9. The van der Waals surface area contributed by atoms with Crippen LogP contribution in [0.3, 0.4) is 0 Å². The van der Waals surface area contributed by atoms with Gasteiger partial charge in [-0.1, -0.05) is 91.4 Å². The zero-order valence-corrected chi connectivity index (χ0v) is 30.7. The lowest BCUT2D eigenvalue weighted by Crippen LogP contribution is -2.55. The van der Waals surface area contributed by atoms with E-state index in [0.29, 0.717) is 19.4 Å². The Morgan fingerprint density at radius 2 is 1.49 bits per heavy atom. The minimum absolute atomic E-state index is 0.0897. The lowest BCUT2D eigenvalue weighted by molar-refractivity contribution is -0.121.